The summed E-state index contributed by atoms with van der Waals surface area (Å²) in [7, 11) is 2.97. The van der Waals surface area contributed by atoms with Crippen LogP contribution in [-0.2, 0) is 20.9 Å². The fourth-order valence-electron chi connectivity index (χ4n) is 1.02. The molecule has 0 bridgehead atoms. The molecule has 6 nitrogen and oxygen atoms in total. The van der Waals surface area contributed by atoms with Crippen molar-refractivity contribution in [2.75, 3.05) is 14.2 Å². The lowest BCUT2D eigenvalue weighted by Crippen LogP contribution is -2.12. The first-order valence-electron chi connectivity index (χ1n) is 6.65. The van der Waals surface area contributed by atoms with E-state index in [0.717, 1.165) is 11.3 Å². The van der Waals surface area contributed by atoms with Crippen molar-refractivity contribution in [2.45, 2.75) is 33.8 Å². The monoisotopic (exact) mass is 299 g/mol. The summed E-state index contributed by atoms with van der Waals surface area (Å²) in [6.07, 6.45) is -0.299. The van der Waals surface area contributed by atoms with Crippen molar-refractivity contribution < 1.29 is 23.8 Å². The zero-order valence-electron chi connectivity index (χ0n) is 13.3. The van der Waals surface area contributed by atoms with E-state index in [1.54, 1.807) is 26.2 Å². The summed E-state index contributed by atoms with van der Waals surface area (Å²) in [4.78, 5) is 20.2. The van der Waals surface area contributed by atoms with Gasteiger partial charge in [0.2, 0.25) is 0 Å². The van der Waals surface area contributed by atoms with Gasteiger partial charge in [-0.15, -0.1) is 0 Å². The molecule has 6 heteroatoms. The van der Waals surface area contributed by atoms with Crippen molar-refractivity contribution in [2.24, 2.45) is 5.73 Å². The van der Waals surface area contributed by atoms with Crippen LogP contribution >= 0.6 is 0 Å². The van der Waals surface area contributed by atoms with Gasteiger partial charge < -0.3 is 19.9 Å². The van der Waals surface area contributed by atoms with Gasteiger partial charge in [0.1, 0.15) is 12.4 Å². The molecule has 0 heterocycles. The van der Waals surface area contributed by atoms with E-state index in [1.165, 1.54) is 7.11 Å². The van der Waals surface area contributed by atoms with Crippen LogP contribution in [0.1, 0.15) is 32.8 Å². The van der Waals surface area contributed by atoms with E-state index in [2.05, 4.69) is 9.47 Å². The summed E-state index contributed by atoms with van der Waals surface area (Å²) >= 11 is 0. The number of benzene rings is 1. The van der Waals surface area contributed by atoms with E-state index < -0.39 is 6.09 Å². The van der Waals surface area contributed by atoms with Crippen LogP contribution in [0.15, 0.2) is 24.3 Å². The Labute approximate surface area is 126 Å². The van der Waals surface area contributed by atoms with Gasteiger partial charge >= 0.3 is 12.1 Å². The maximum atomic E-state index is 10.3. The van der Waals surface area contributed by atoms with Crippen LogP contribution < -0.4 is 10.5 Å². The summed E-state index contributed by atoms with van der Waals surface area (Å²) in [5, 5.41) is 0. The van der Waals surface area contributed by atoms with Crippen LogP contribution in [0.2, 0.25) is 0 Å². The molecular weight excluding hydrogens is 274 g/mol. The molecule has 21 heavy (non-hydrogen) atoms. The quantitative estimate of drug-likeness (QED) is 0.864. The maximum absolute atomic E-state index is 10.3. The molecule has 1 amide bonds. The Bertz CT molecular complexity index is 384. The van der Waals surface area contributed by atoms with Crippen molar-refractivity contribution in [1.29, 1.82) is 0 Å². The van der Waals surface area contributed by atoms with Gasteiger partial charge in [-0.2, -0.15) is 0 Å². The predicted octanol–water partition coefficient (Wildman–Crippen LogP) is 2.89. The first-order chi connectivity index (χ1) is 10.0. The lowest BCUT2D eigenvalue weighted by Gasteiger charge is -2.02. The Kier molecular flexibility index (Phi) is 14.2. The molecule has 0 aliphatic carbocycles. The number of hydrogen-bond acceptors (Lipinski definition) is 5. The minimum absolute atomic E-state index is 0.157. The number of methoxy groups -OCH3 is 2. The van der Waals surface area contributed by atoms with Crippen molar-refractivity contribution in [3.05, 3.63) is 29.8 Å². The smallest absolute Gasteiger partial charge is 0.404 e. The first kappa shape index (κ1) is 21.1. The van der Waals surface area contributed by atoms with Gasteiger partial charge in [0.05, 0.1) is 14.2 Å². The molecular formula is C15H25NO5. The highest BCUT2D eigenvalue weighted by Gasteiger charge is 1.96. The van der Waals surface area contributed by atoms with E-state index in [1.807, 2.05) is 26.0 Å². The third kappa shape index (κ3) is 12.5. The van der Waals surface area contributed by atoms with E-state index in [-0.39, 0.29) is 12.6 Å². The molecule has 1 rings (SSSR count). The second-order valence-electron chi connectivity index (χ2n) is 3.39. The van der Waals surface area contributed by atoms with E-state index in [4.69, 9.17) is 10.5 Å². The van der Waals surface area contributed by atoms with E-state index >= 15 is 0 Å². The number of rotatable bonds is 4. The highest BCUT2D eigenvalue weighted by molar-refractivity contribution is 5.68. The Balaban J connectivity index is 0. The summed E-state index contributed by atoms with van der Waals surface area (Å²) in [5.41, 5.74) is 5.69. The van der Waals surface area contributed by atoms with Crippen LogP contribution in [0.4, 0.5) is 4.79 Å². The molecule has 0 saturated heterocycles. The number of carbonyl (C=O) groups is 2. The fourth-order valence-corrected chi connectivity index (χ4v) is 1.02. The zero-order chi connectivity index (χ0) is 16.7. The number of carbonyl (C=O) groups excluding carboxylic acids is 2. The minimum atomic E-state index is -0.768. The lowest BCUT2D eigenvalue weighted by atomic mass is 10.2. The molecule has 0 aromatic heterocycles. The molecule has 0 saturated carbocycles. The molecule has 1 aromatic carbocycles. The summed E-state index contributed by atoms with van der Waals surface area (Å²) < 4.78 is 13.8. The van der Waals surface area contributed by atoms with Crippen molar-refractivity contribution in [3.8, 4) is 5.75 Å². The summed E-state index contributed by atoms with van der Waals surface area (Å²) in [6, 6.07) is 7.20. The van der Waals surface area contributed by atoms with Gasteiger partial charge in [0.15, 0.2) is 0 Å². The molecule has 120 valence electrons. The molecule has 0 aliphatic heterocycles. The van der Waals surface area contributed by atoms with Crippen LogP contribution in [0.5, 0.6) is 5.75 Å². The SMILES string of the molecule is CC.CCC(=O)OC.COc1ccc(COC(N)=O)cc1. The first-order valence-corrected chi connectivity index (χ1v) is 6.65. The highest BCUT2D eigenvalue weighted by Crippen LogP contribution is 2.11. The normalized spacial score (nSPS) is 8.24. The highest BCUT2D eigenvalue weighted by atomic mass is 16.5. The van der Waals surface area contributed by atoms with E-state index in [9.17, 15) is 9.59 Å². The number of amides is 1. The lowest BCUT2D eigenvalue weighted by molar-refractivity contribution is -0.140. The minimum Gasteiger partial charge on any atom is -0.497 e. The third-order valence-electron chi connectivity index (χ3n) is 2.06. The Morgan fingerprint density at radius 3 is 1.90 bits per heavy atom. The summed E-state index contributed by atoms with van der Waals surface area (Å²) in [5.74, 6) is 0.609. The largest absolute Gasteiger partial charge is 0.497 e. The number of primary amides is 1. The number of esters is 1. The molecule has 1 aromatic rings. The fraction of sp³-hybridized carbons (Fsp3) is 0.467. The zero-order valence-corrected chi connectivity index (χ0v) is 13.3. The van der Waals surface area contributed by atoms with Gasteiger partial charge in [0, 0.05) is 6.42 Å². The van der Waals surface area contributed by atoms with Gasteiger partial charge in [0.25, 0.3) is 0 Å². The number of nitrogens with two attached hydrogens (primary N) is 1. The molecule has 0 atom stereocenters. The Hall–Kier alpha value is -2.24. The number of hydrogen-bond donors (Lipinski definition) is 1. The maximum Gasteiger partial charge on any atom is 0.404 e. The van der Waals surface area contributed by atoms with Crippen LogP contribution in [0, 0.1) is 0 Å². The molecule has 0 aliphatic rings. The Morgan fingerprint density at radius 1 is 1.10 bits per heavy atom. The van der Waals surface area contributed by atoms with Crippen molar-refractivity contribution >= 4 is 12.1 Å². The van der Waals surface area contributed by atoms with Crippen LogP contribution in [0.3, 0.4) is 0 Å². The van der Waals surface area contributed by atoms with Crippen LogP contribution in [-0.4, -0.2) is 26.3 Å². The van der Waals surface area contributed by atoms with Gasteiger partial charge in [-0.25, -0.2) is 4.79 Å². The molecule has 0 fully saturated rings. The van der Waals surface area contributed by atoms with Gasteiger partial charge in [-0.1, -0.05) is 32.9 Å². The Morgan fingerprint density at radius 2 is 1.62 bits per heavy atom. The van der Waals surface area contributed by atoms with Gasteiger partial charge in [-0.05, 0) is 17.7 Å². The molecule has 2 N–H and O–H groups in total. The average Bonchev–Trinajstić information content (AvgIpc) is 2.55. The van der Waals surface area contributed by atoms with Crippen molar-refractivity contribution in [3.63, 3.8) is 0 Å². The predicted molar refractivity (Wildman–Crippen MR) is 81.0 cm³/mol. The van der Waals surface area contributed by atoms with Crippen LogP contribution in [0.25, 0.3) is 0 Å². The second kappa shape index (κ2) is 14.2. The standard InChI is InChI=1S/C9H11NO3.C4H8O2.C2H6/c1-12-8-4-2-7(3-5-8)6-13-9(10)11;1-3-4(5)6-2;1-2/h2-5H,6H2,1H3,(H2,10,11);3H2,1-2H3;1-2H3. The third-order valence-corrected chi connectivity index (χ3v) is 2.06. The summed E-state index contributed by atoms with van der Waals surface area (Å²) in [6.45, 7) is 5.95. The average molecular weight is 299 g/mol. The van der Waals surface area contributed by atoms with Crippen molar-refractivity contribution in [1.82, 2.24) is 0 Å². The van der Waals surface area contributed by atoms with Gasteiger partial charge in [-0.3, -0.25) is 4.79 Å². The molecule has 0 unspecified atom stereocenters. The molecule has 0 radical (unpaired) electrons. The second-order valence-corrected chi connectivity index (χ2v) is 3.39. The van der Waals surface area contributed by atoms with E-state index in [0.29, 0.717) is 6.42 Å². The number of ether oxygens (including phenoxy) is 3. The molecule has 0 spiro atoms. The topological polar surface area (TPSA) is 87.8 Å².